The number of fused-ring (bicyclic) bond motifs is 1. The van der Waals surface area contributed by atoms with Crippen LogP contribution in [0.3, 0.4) is 0 Å². The summed E-state index contributed by atoms with van der Waals surface area (Å²) in [6.45, 7) is 2.39. The average Bonchev–Trinajstić information content (AvgIpc) is 2.36. The van der Waals surface area contributed by atoms with Crippen molar-refractivity contribution in [3.63, 3.8) is 0 Å². The second-order valence-electron chi connectivity index (χ2n) is 5.93. The van der Waals surface area contributed by atoms with E-state index in [0.29, 0.717) is 19.7 Å². The van der Waals surface area contributed by atoms with E-state index in [9.17, 15) is 13.2 Å². The van der Waals surface area contributed by atoms with E-state index >= 15 is 0 Å². The second-order valence-corrected chi connectivity index (χ2v) is 8.07. The molecule has 0 aliphatic carbocycles. The molecular formula is C13H23NO5S. The summed E-state index contributed by atoms with van der Waals surface area (Å²) in [5.74, 6) is -0.728. The minimum atomic E-state index is -3.29. The summed E-state index contributed by atoms with van der Waals surface area (Å²) in [5.41, 5.74) is -0.182. The van der Waals surface area contributed by atoms with E-state index in [0.717, 1.165) is 32.1 Å². The van der Waals surface area contributed by atoms with E-state index in [2.05, 4.69) is 0 Å². The number of carbonyl (C=O) groups excluding carboxylic acids is 1. The van der Waals surface area contributed by atoms with Crippen LogP contribution in [0.25, 0.3) is 0 Å². The first-order chi connectivity index (χ1) is 9.36. The maximum Gasteiger partial charge on any atom is 0.237 e. The highest BCUT2D eigenvalue weighted by Gasteiger charge is 2.47. The summed E-state index contributed by atoms with van der Waals surface area (Å²) in [5, 5.41) is 0. The molecule has 2 heterocycles. The maximum absolute atomic E-state index is 12.1. The molecule has 2 unspecified atom stereocenters. The molecule has 2 fully saturated rings. The van der Waals surface area contributed by atoms with Gasteiger partial charge in [-0.2, -0.15) is 0 Å². The lowest BCUT2D eigenvalue weighted by molar-refractivity contribution is -0.160. The van der Waals surface area contributed by atoms with Crippen molar-refractivity contribution in [3.05, 3.63) is 0 Å². The van der Waals surface area contributed by atoms with E-state index < -0.39 is 15.6 Å². The molecule has 116 valence electrons. The Morgan fingerprint density at radius 3 is 2.90 bits per heavy atom. The Morgan fingerprint density at radius 2 is 2.25 bits per heavy atom. The van der Waals surface area contributed by atoms with Crippen molar-refractivity contribution in [3.8, 4) is 0 Å². The molecule has 0 N–H and O–H groups in total. The summed E-state index contributed by atoms with van der Waals surface area (Å²) in [6.07, 6.45) is 3.85. The van der Waals surface area contributed by atoms with Crippen LogP contribution in [0.15, 0.2) is 0 Å². The van der Waals surface area contributed by atoms with Gasteiger partial charge in [-0.15, -0.1) is 0 Å². The lowest BCUT2D eigenvalue weighted by Gasteiger charge is -2.50. The predicted molar refractivity (Wildman–Crippen MR) is 74.2 cm³/mol. The summed E-state index contributed by atoms with van der Waals surface area (Å²) in [6, 6.07) is 0. The fourth-order valence-electron chi connectivity index (χ4n) is 3.32. The highest BCUT2D eigenvalue weighted by atomic mass is 32.2. The zero-order chi connectivity index (χ0) is 14.8. The SMILES string of the molecule is COCC12CCCOC1CCN(C(=O)CS(C)(=O)=O)C2. The molecule has 20 heavy (non-hydrogen) atoms. The van der Waals surface area contributed by atoms with Gasteiger partial charge < -0.3 is 14.4 Å². The quantitative estimate of drug-likeness (QED) is 0.735. The first kappa shape index (κ1) is 15.7. The van der Waals surface area contributed by atoms with Gasteiger partial charge in [-0.05, 0) is 19.3 Å². The molecule has 0 aromatic heterocycles. The first-order valence-corrected chi connectivity index (χ1v) is 8.98. The number of rotatable bonds is 4. The molecule has 7 heteroatoms. The number of methoxy groups -OCH3 is 1. The van der Waals surface area contributed by atoms with Gasteiger partial charge in [0.25, 0.3) is 0 Å². The van der Waals surface area contributed by atoms with Crippen LogP contribution >= 0.6 is 0 Å². The number of likely N-dealkylation sites (tertiary alicyclic amines) is 1. The number of amides is 1. The van der Waals surface area contributed by atoms with E-state index in [4.69, 9.17) is 9.47 Å². The summed E-state index contributed by atoms with van der Waals surface area (Å²) in [7, 11) is -1.64. The third-order valence-corrected chi connectivity index (χ3v) is 4.93. The highest BCUT2D eigenvalue weighted by molar-refractivity contribution is 7.91. The number of hydrogen-bond acceptors (Lipinski definition) is 5. The largest absolute Gasteiger partial charge is 0.384 e. The van der Waals surface area contributed by atoms with Crippen molar-refractivity contribution in [1.29, 1.82) is 0 Å². The van der Waals surface area contributed by atoms with Gasteiger partial charge >= 0.3 is 0 Å². The van der Waals surface area contributed by atoms with E-state index in [1.165, 1.54) is 0 Å². The van der Waals surface area contributed by atoms with Crippen molar-refractivity contribution in [2.24, 2.45) is 5.41 Å². The molecule has 0 aromatic carbocycles. The monoisotopic (exact) mass is 305 g/mol. The van der Waals surface area contributed by atoms with Crippen molar-refractivity contribution in [2.75, 3.05) is 45.4 Å². The van der Waals surface area contributed by atoms with Gasteiger partial charge in [-0.25, -0.2) is 8.42 Å². The van der Waals surface area contributed by atoms with Gasteiger partial charge in [-0.1, -0.05) is 0 Å². The van der Waals surface area contributed by atoms with Gasteiger partial charge in [0.05, 0.1) is 12.7 Å². The van der Waals surface area contributed by atoms with Gasteiger partial charge in [0.1, 0.15) is 5.75 Å². The number of carbonyl (C=O) groups is 1. The van der Waals surface area contributed by atoms with Crippen molar-refractivity contribution in [2.45, 2.75) is 25.4 Å². The molecule has 0 bridgehead atoms. The van der Waals surface area contributed by atoms with Crippen LogP contribution in [0.4, 0.5) is 0 Å². The topological polar surface area (TPSA) is 72.9 Å². The number of sulfone groups is 1. The molecular weight excluding hydrogens is 282 g/mol. The Bertz CT molecular complexity index is 459. The van der Waals surface area contributed by atoms with E-state index in [1.807, 2.05) is 0 Å². The molecule has 2 atom stereocenters. The smallest absolute Gasteiger partial charge is 0.237 e. The fraction of sp³-hybridized carbons (Fsp3) is 0.923. The van der Waals surface area contributed by atoms with Gasteiger partial charge in [0.15, 0.2) is 9.84 Å². The minimum Gasteiger partial charge on any atom is -0.384 e. The van der Waals surface area contributed by atoms with Crippen LogP contribution in [0.5, 0.6) is 0 Å². The third-order valence-electron chi connectivity index (χ3n) is 4.16. The fourth-order valence-corrected chi connectivity index (χ4v) is 3.95. The Labute approximate surface area is 120 Å². The highest BCUT2D eigenvalue weighted by Crippen LogP contribution is 2.40. The summed E-state index contributed by atoms with van der Waals surface area (Å²) < 4.78 is 33.7. The molecule has 6 nitrogen and oxygen atoms in total. The lowest BCUT2D eigenvalue weighted by Crippen LogP contribution is -2.58. The van der Waals surface area contributed by atoms with Crippen molar-refractivity contribution in [1.82, 2.24) is 4.90 Å². The third kappa shape index (κ3) is 3.51. The van der Waals surface area contributed by atoms with Crippen LogP contribution < -0.4 is 0 Å². The zero-order valence-corrected chi connectivity index (χ0v) is 12.9. The normalized spacial score (nSPS) is 30.9. The van der Waals surface area contributed by atoms with Crippen LogP contribution in [0.2, 0.25) is 0 Å². The molecule has 2 saturated heterocycles. The lowest BCUT2D eigenvalue weighted by atomic mass is 9.73. The molecule has 0 radical (unpaired) electrons. The van der Waals surface area contributed by atoms with Crippen LogP contribution in [0.1, 0.15) is 19.3 Å². The van der Waals surface area contributed by atoms with Crippen molar-refractivity contribution < 1.29 is 22.7 Å². The van der Waals surface area contributed by atoms with E-state index in [-0.39, 0.29) is 17.4 Å². The maximum atomic E-state index is 12.1. The average molecular weight is 305 g/mol. The Hall–Kier alpha value is -0.660. The standard InChI is InChI=1S/C13H23NO5S/c1-18-10-13-5-3-7-19-11(13)4-6-14(9-13)12(15)8-20(2,16)17/h11H,3-10H2,1-2H3. The van der Waals surface area contributed by atoms with Gasteiger partial charge in [0.2, 0.25) is 5.91 Å². The molecule has 0 saturated carbocycles. The number of piperidine rings is 1. The van der Waals surface area contributed by atoms with Gasteiger partial charge in [-0.3, -0.25) is 4.79 Å². The molecule has 2 aliphatic heterocycles. The number of nitrogens with zero attached hydrogens (tertiary/aromatic N) is 1. The zero-order valence-electron chi connectivity index (χ0n) is 12.1. The minimum absolute atomic E-state index is 0.110. The Balaban J connectivity index is 2.10. The van der Waals surface area contributed by atoms with Crippen LogP contribution in [0, 0.1) is 5.41 Å². The second kappa shape index (κ2) is 5.99. The summed E-state index contributed by atoms with van der Waals surface area (Å²) in [4.78, 5) is 13.8. The number of ether oxygens (including phenoxy) is 2. The molecule has 2 aliphatic rings. The van der Waals surface area contributed by atoms with Crippen LogP contribution in [-0.2, 0) is 24.1 Å². The van der Waals surface area contributed by atoms with E-state index in [1.54, 1.807) is 12.0 Å². The summed E-state index contributed by atoms with van der Waals surface area (Å²) >= 11 is 0. The molecule has 1 amide bonds. The predicted octanol–water partition coefficient (Wildman–Crippen LogP) is 0.0751. The number of hydrogen-bond donors (Lipinski definition) is 0. The first-order valence-electron chi connectivity index (χ1n) is 6.92. The van der Waals surface area contributed by atoms with Crippen LogP contribution in [-0.4, -0.2) is 70.8 Å². The molecule has 0 spiro atoms. The van der Waals surface area contributed by atoms with Crippen molar-refractivity contribution >= 4 is 15.7 Å². The Morgan fingerprint density at radius 1 is 1.50 bits per heavy atom. The van der Waals surface area contributed by atoms with Gasteiger partial charge in [0, 0.05) is 38.5 Å². The molecule has 0 aromatic rings. The molecule has 2 rings (SSSR count). The Kier molecular flexibility index (Phi) is 4.71.